The van der Waals surface area contributed by atoms with Gasteiger partial charge in [0.1, 0.15) is 0 Å². The minimum atomic E-state index is -0.0910. The highest BCUT2D eigenvalue weighted by Gasteiger charge is 2.32. The predicted molar refractivity (Wildman–Crippen MR) is 112 cm³/mol. The van der Waals surface area contributed by atoms with Crippen molar-refractivity contribution in [3.8, 4) is 0 Å². The molecule has 0 bridgehead atoms. The van der Waals surface area contributed by atoms with Crippen molar-refractivity contribution >= 4 is 17.3 Å². The molecule has 2 fully saturated rings. The number of carbonyl (C=O) groups excluding carboxylic acids is 2. The second-order valence-electron chi connectivity index (χ2n) is 8.02. The smallest absolute Gasteiger partial charge is 0.290 e. The SMILES string of the molecule is CCC1CCCCN1C(=O)c1nc(C(=O)N2CCN(CC)CC2)n2ccccc12. The zero-order chi connectivity index (χ0) is 20.4. The number of likely N-dealkylation sites (tertiary alicyclic amines) is 1. The lowest BCUT2D eigenvalue weighted by atomic mass is 9.99. The highest BCUT2D eigenvalue weighted by molar-refractivity contribution is 6.02. The number of rotatable bonds is 4. The molecule has 4 heterocycles. The molecule has 0 spiro atoms. The van der Waals surface area contributed by atoms with E-state index in [1.54, 1.807) is 4.40 Å². The van der Waals surface area contributed by atoms with Crippen molar-refractivity contribution in [3.63, 3.8) is 0 Å². The van der Waals surface area contributed by atoms with Crippen LogP contribution in [-0.2, 0) is 0 Å². The topological polar surface area (TPSA) is 61.2 Å². The Labute approximate surface area is 172 Å². The number of likely N-dealkylation sites (N-methyl/N-ethyl adjacent to an activating group) is 1. The van der Waals surface area contributed by atoms with Crippen molar-refractivity contribution in [3.05, 3.63) is 35.9 Å². The summed E-state index contributed by atoms with van der Waals surface area (Å²) < 4.78 is 1.78. The Morgan fingerprint density at radius 1 is 1.03 bits per heavy atom. The molecule has 7 nitrogen and oxygen atoms in total. The van der Waals surface area contributed by atoms with E-state index in [-0.39, 0.29) is 17.9 Å². The van der Waals surface area contributed by atoms with E-state index in [2.05, 4.69) is 23.7 Å². The number of hydrogen-bond acceptors (Lipinski definition) is 4. The number of aromatic nitrogens is 2. The molecule has 0 N–H and O–H groups in total. The Balaban J connectivity index is 1.65. The third kappa shape index (κ3) is 3.75. The van der Waals surface area contributed by atoms with E-state index < -0.39 is 0 Å². The Morgan fingerprint density at radius 3 is 2.55 bits per heavy atom. The van der Waals surface area contributed by atoms with Crippen LogP contribution in [0, 0.1) is 0 Å². The van der Waals surface area contributed by atoms with Gasteiger partial charge in [0.25, 0.3) is 11.8 Å². The number of piperazine rings is 1. The summed E-state index contributed by atoms with van der Waals surface area (Å²) in [5.74, 6) is 0.209. The van der Waals surface area contributed by atoms with Gasteiger partial charge in [-0.3, -0.25) is 14.0 Å². The zero-order valence-corrected chi connectivity index (χ0v) is 17.5. The summed E-state index contributed by atoms with van der Waals surface area (Å²) in [5.41, 5.74) is 1.12. The Morgan fingerprint density at radius 2 is 1.83 bits per heavy atom. The Kier molecular flexibility index (Phi) is 5.85. The van der Waals surface area contributed by atoms with Crippen LogP contribution in [-0.4, -0.2) is 81.2 Å². The summed E-state index contributed by atoms with van der Waals surface area (Å²) in [7, 11) is 0. The number of imidazole rings is 1. The molecule has 4 rings (SSSR count). The first-order valence-electron chi connectivity index (χ1n) is 10.9. The van der Waals surface area contributed by atoms with Crippen LogP contribution in [0.25, 0.3) is 5.52 Å². The van der Waals surface area contributed by atoms with E-state index >= 15 is 0 Å². The summed E-state index contributed by atoms with van der Waals surface area (Å²) in [6.07, 6.45) is 6.02. The zero-order valence-electron chi connectivity index (χ0n) is 17.5. The molecule has 1 atom stereocenters. The van der Waals surface area contributed by atoms with Gasteiger partial charge in [-0.15, -0.1) is 0 Å². The van der Waals surface area contributed by atoms with Crippen LogP contribution in [0.15, 0.2) is 24.4 Å². The summed E-state index contributed by atoms with van der Waals surface area (Å²) in [6, 6.07) is 5.93. The van der Waals surface area contributed by atoms with Crippen LogP contribution >= 0.6 is 0 Å². The average Bonchev–Trinajstić information content (AvgIpc) is 3.18. The molecule has 2 aromatic heterocycles. The maximum atomic E-state index is 13.4. The van der Waals surface area contributed by atoms with Crippen molar-refractivity contribution in [2.75, 3.05) is 39.3 Å². The lowest BCUT2D eigenvalue weighted by Crippen LogP contribution is -2.48. The van der Waals surface area contributed by atoms with E-state index in [0.717, 1.165) is 45.4 Å². The minimum absolute atomic E-state index is 0.0462. The monoisotopic (exact) mass is 397 g/mol. The van der Waals surface area contributed by atoms with Gasteiger partial charge in [0, 0.05) is 45.0 Å². The molecule has 2 saturated heterocycles. The molecule has 0 saturated carbocycles. The van der Waals surface area contributed by atoms with E-state index in [4.69, 9.17) is 0 Å². The van der Waals surface area contributed by atoms with Crippen LogP contribution in [0.2, 0.25) is 0 Å². The normalized spacial score (nSPS) is 21.0. The van der Waals surface area contributed by atoms with Gasteiger partial charge in [-0.05, 0) is 44.4 Å². The molecule has 29 heavy (non-hydrogen) atoms. The van der Waals surface area contributed by atoms with Crippen LogP contribution in [0.3, 0.4) is 0 Å². The first-order chi connectivity index (χ1) is 14.1. The van der Waals surface area contributed by atoms with E-state index in [0.29, 0.717) is 30.1 Å². The van der Waals surface area contributed by atoms with Gasteiger partial charge in [-0.25, -0.2) is 4.98 Å². The lowest BCUT2D eigenvalue weighted by molar-refractivity contribution is 0.0604. The number of amides is 2. The summed E-state index contributed by atoms with van der Waals surface area (Å²) in [6.45, 7) is 9.19. The maximum absolute atomic E-state index is 13.4. The van der Waals surface area contributed by atoms with Gasteiger partial charge in [0.05, 0.1) is 5.52 Å². The number of piperidine rings is 1. The van der Waals surface area contributed by atoms with Crippen molar-refractivity contribution in [2.24, 2.45) is 0 Å². The molecule has 0 aromatic carbocycles. The lowest BCUT2D eigenvalue weighted by Gasteiger charge is -2.34. The quantitative estimate of drug-likeness (QED) is 0.795. The molecule has 2 aliphatic heterocycles. The van der Waals surface area contributed by atoms with Gasteiger partial charge in [0.2, 0.25) is 5.82 Å². The minimum Gasteiger partial charge on any atom is -0.334 e. The number of fused-ring (bicyclic) bond motifs is 1. The van der Waals surface area contributed by atoms with E-state index in [9.17, 15) is 9.59 Å². The van der Waals surface area contributed by atoms with Crippen LogP contribution in [0.1, 0.15) is 60.6 Å². The first kappa shape index (κ1) is 19.9. The summed E-state index contributed by atoms with van der Waals surface area (Å²) in [4.78, 5) is 37.4. The van der Waals surface area contributed by atoms with Gasteiger partial charge in [-0.1, -0.05) is 19.9 Å². The van der Waals surface area contributed by atoms with Crippen molar-refractivity contribution < 1.29 is 9.59 Å². The molecular weight excluding hydrogens is 366 g/mol. The van der Waals surface area contributed by atoms with Crippen LogP contribution in [0.5, 0.6) is 0 Å². The largest absolute Gasteiger partial charge is 0.334 e. The fraction of sp³-hybridized carbons (Fsp3) is 0.591. The van der Waals surface area contributed by atoms with Crippen LogP contribution in [0.4, 0.5) is 0 Å². The third-order valence-corrected chi connectivity index (χ3v) is 6.41. The second-order valence-corrected chi connectivity index (χ2v) is 8.02. The number of hydrogen-bond donors (Lipinski definition) is 0. The van der Waals surface area contributed by atoms with Gasteiger partial charge in [0.15, 0.2) is 5.69 Å². The highest BCUT2D eigenvalue weighted by Crippen LogP contribution is 2.24. The second kappa shape index (κ2) is 8.53. The molecule has 2 aromatic rings. The molecule has 156 valence electrons. The van der Waals surface area contributed by atoms with Crippen LogP contribution < -0.4 is 0 Å². The predicted octanol–water partition coefficient (Wildman–Crippen LogP) is 2.52. The molecule has 7 heteroatoms. The molecule has 0 aliphatic carbocycles. The first-order valence-corrected chi connectivity index (χ1v) is 10.9. The van der Waals surface area contributed by atoms with Gasteiger partial charge >= 0.3 is 0 Å². The molecule has 1 unspecified atom stereocenters. The Hall–Kier alpha value is -2.41. The molecule has 2 aliphatic rings. The highest BCUT2D eigenvalue weighted by atomic mass is 16.2. The Bertz CT molecular complexity index is 884. The number of nitrogens with zero attached hydrogens (tertiary/aromatic N) is 5. The fourth-order valence-corrected chi connectivity index (χ4v) is 4.58. The van der Waals surface area contributed by atoms with E-state index in [1.807, 2.05) is 34.2 Å². The van der Waals surface area contributed by atoms with Gasteiger partial charge in [-0.2, -0.15) is 0 Å². The molecule has 2 amide bonds. The number of pyridine rings is 1. The number of carbonyl (C=O) groups is 2. The molecular formula is C22H31N5O2. The maximum Gasteiger partial charge on any atom is 0.290 e. The fourth-order valence-electron chi connectivity index (χ4n) is 4.58. The van der Waals surface area contributed by atoms with E-state index in [1.165, 1.54) is 6.42 Å². The van der Waals surface area contributed by atoms with Crippen molar-refractivity contribution in [1.29, 1.82) is 0 Å². The van der Waals surface area contributed by atoms with Crippen molar-refractivity contribution in [1.82, 2.24) is 24.1 Å². The van der Waals surface area contributed by atoms with Crippen molar-refractivity contribution in [2.45, 2.75) is 45.6 Å². The average molecular weight is 398 g/mol. The van der Waals surface area contributed by atoms with Gasteiger partial charge < -0.3 is 14.7 Å². The third-order valence-electron chi connectivity index (χ3n) is 6.41. The summed E-state index contributed by atoms with van der Waals surface area (Å²) >= 11 is 0. The summed E-state index contributed by atoms with van der Waals surface area (Å²) in [5, 5.41) is 0. The standard InChI is InChI=1S/C22H31N5O2/c1-3-17-9-5-7-11-26(17)21(28)19-18-10-6-8-12-27(18)20(23-19)22(29)25-15-13-24(4-2)14-16-25/h6,8,10,12,17H,3-5,7,9,11,13-16H2,1-2H3. The molecule has 0 radical (unpaired) electrons.